The molecule has 2 atom stereocenters. The van der Waals surface area contributed by atoms with Crippen LogP contribution in [0.2, 0.25) is 5.02 Å². The SMILES string of the molecule is CN=C(NCc1cc(C#N)ccc1F)NCC1CCCN(C)C1c1cccc(Cl)c1.I. The van der Waals surface area contributed by atoms with E-state index in [-0.39, 0.29) is 42.4 Å². The van der Waals surface area contributed by atoms with Gasteiger partial charge in [0.15, 0.2) is 5.96 Å². The van der Waals surface area contributed by atoms with Gasteiger partial charge in [-0.1, -0.05) is 23.7 Å². The van der Waals surface area contributed by atoms with E-state index in [1.807, 2.05) is 24.3 Å². The van der Waals surface area contributed by atoms with Crippen LogP contribution in [-0.2, 0) is 6.54 Å². The molecule has 0 bridgehead atoms. The molecule has 0 radical (unpaired) electrons. The summed E-state index contributed by atoms with van der Waals surface area (Å²) >= 11 is 6.23. The summed E-state index contributed by atoms with van der Waals surface area (Å²) < 4.78 is 14.0. The third kappa shape index (κ3) is 6.79. The van der Waals surface area contributed by atoms with Crippen LogP contribution in [0.5, 0.6) is 0 Å². The van der Waals surface area contributed by atoms with Crippen molar-refractivity contribution in [3.63, 3.8) is 0 Å². The molecule has 5 nitrogen and oxygen atoms in total. The van der Waals surface area contributed by atoms with Crippen LogP contribution in [0.15, 0.2) is 47.5 Å². The zero-order valence-electron chi connectivity index (χ0n) is 17.7. The van der Waals surface area contributed by atoms with E-state index in [4.69, 9.17) is 16.9 Å². The lowest BCUT2D eigenvalue weighted by molar-refractivity contribution is 0.122. The molecule has 0 spiro atoms. The molecule has 8 heteroatoms. The number of hydrogen-bond acceptors (Lipinski definition) is 3. The van der Waals surface area contributed by atoms with Gasteiger partial charge in [0, 0.05) is 36.8 Å². The summed E-state index contributed by atoms with van der Waals surface area (Å²) in [7, 11) is 3.84. The molecule has 1 saturated heterocycles. The monoisotopic (exact) mass is 555 g/mol. The molecule has 0 saturated carbocycles. The molecule has 2 N–H and O–H groups in total. The number of halogens is 3. The van der Waals surface area contributed by atoms with Gasteiger partial charge >= 0.3 is 0 Å². The summed E-state index contributed by atoms with van der Waals surface area (Å²) in [5.74, 6) is 0.654. The van der Waals surface area contributed by atoms with Crippen LogP contribution >= 0.6 is 35.6 Å². The maximum atomic E-state index is 14.0. The van der Waals surface area contributed by atoms with Gasteiger partial charge in [-0.15, -0.1) is 24.0 Å². The van der Waals surface area contributed by atoms with Crippen molar-refractivity contribution < 1.29 is 4.39 Å². The zero-order chi connectivity index (χ0) is 21.5. The Hall–Kier alpha value is -1.89. The number of aliphatic imine (C=N–C) groups is 1. The average Bonchev–Trinajstić information content (AvgIpc) is 2.75. The number of piperidine rings is 1. The second-order valence-corrected chi connectivity index (χ2v) is 8.04. The van der Waals surface area contributed by atoms with E-state index in [0.29, 0.717) is 23.0 Å². The minimum atomic E-state index is -0.341. The third-order valence-electron chi connectivity index (χ3n) is 5.57. The number of nitrogens with zero attached hydrogens (tertiary/aromatic N) is 3. The lowest BCUT2D eigenvalue weighted by Crippen LogP contribution is -2.44. The van der Waals surface area contributed by atoms with Gasteiger partial charge in [0.05, 0.1) is 11.6 Å². The lowest BCUT2D eigenvalue weighted by Gasteiger charge is -2.40. The molecule has 1 aliphatic heterocycles. The first-order valence-corrected chi connectivity index (χ1v) is 10.5. The van der Waals surface area contributed by atoms with Crippen molar-refractivity contribution in [2.45, 2.75) is 25.4 Å². The second-order valence-electron chi connectivity index (χ2n) is 7.61. The molecule has 3 rings (SSSR count). The summed E-state index contributed by atoms with van der Waals surface area (Å²) in [6.07, 6.45) is 2.24. The van der Waals surface area contributed by atoms with Gasteiger partial charge in [0.25, 0.3) is 0 Å². The Morgan fingerprint density at radius 2 is 2.10 bits per heavy atom. The van der Waals surface area contributed by atoms with Crippen LogP contribution < -0.4 is 10.6 Å². The molecule has 0 aliphatic carbocycles. The fraction of sp³-hybridized carbons (Fsp3) is 0.391. The van der Waals surface area contributed by atoms with Gasteiger partial charge in [0.1, 0.15) is 5.82 Å². The van der Waals surface area contributed by atoms with Gasteiger partial charge in [-0.25, -0.2) is 4.39 Å². The van der Waals surface area contributed by atoms with E-state index in [1.165, 1.54) is 17.7 Å². The molecule has 1 heterocycles. The first-order valence-electron chi connectivity index (χ1n) is 10.1. The van der Waals surface area contributed by atoms with Crippen LogP contribution in [-0.4, -0.2) is 38.0 Å². The molecule has 0 amide bonds. The highest BCUT2D eigenvalue weighted by Gasteiger charge is 2.30. The highest BCUT2D eigenvalue weighted by Crippen LogP contribution is 2.35. The Morgan fingerprint density at radius 3 is 2.81 bits per heavy atom. The molecular formula is C23H28ClFIN5. The fourth-order valence-electron chi connectivity index (χ4n) is 4.10. The van der Waals surface area contributed by atoms with Crippen molar-refractivity contribution in [3.05, 3.63) is 70.0 Å². The van der Waals surface area contributed by atoms with E-state index in [0.717, 1.165) is 31.0 Å². The van der Waals surface area contributed by atoms with E-state index in [9.17, 15) is 4.39 Å². The van der Waals surface area contributed by atoms with Crippen LogP contribution in [0, 0.1) is 23.1 Å². The molecule has 2 unspecified atom stereocenters. The van der Waals surface area contributed by atoms with Gasteiger partial charge < -0.3 is 10.6 Å². The number of nitriles is 1. The van der Waals surface area contributed by atoms with E-state index >= 15 is 0 Å². The fourth-order valence-corrected chi connectivity index (χ4v) is 4.30. The molecular weight excluding hydrogens is 528 g/mol. The predicted octanol–water partition coefficient (Wildman–Crippen LogP) is 4.72. The summed E-state index contributed by atoms with van der Waals surface area (Å²) in [5.41, 5.74) is 2.09. The smallest absolute Gasteiger partial charge is 0.191 e. The Balaban J connectivity index is 0.00000341. The third-order valence-corrected chi connectivity index (χ3v) is 5.81. The van der Waals surface area contributed by atoms with Crippen LogP contribution in [0.3, 0.4) is 0 Å². The first-order chi connectivity index (χ1) is 14.5. The molecule has 2 aromatic carbocycles. The molecule has 1 fully saturated rings. The largest absolute Gasteiger partial charge is 0.356 e. The standard InChI is InChI=1S/C23H27ClFN5.HI/c1-27-23(29-15-19-11-16(13-26)8-9-21(19)25)28-14-18-6-4-10-30(2)22(18)17-5-3-7-20(24)12-17;/h3,5,7-9,11-12,18,22H,4,6,10,14-15H2,1-2H3,(H2,27,28,29);1H. The maximum absolute atomic E-state index is 14.0. The van der Waals surface area contributed by atoms with Crippen LogP contribution in [0.25, 0.3) is 0 Å². The Labute approximate surface area is 205 Å². The van der Waals surface area contributed by atoms with Crippen molar-refractivity contribution in [1.82, 2.24) is 15.5 Å². The van der Waals surface area contributed by atoms with Crippen molar-refractivity contribution >= 4 is 41.5 Å². The quantitative estimate of drug-likeness (QED) is 0.319. The summed E-state index contributed by atoms with van der Waals surface area (Å²) in [6, 6.07) is 14.7. The average molecular weight is 556 g/mol. The van der Waals surface area contributed by atoms with E-state index in [2.05, 4.69) is 33.6 Å². The minimum Gasteiger partial charge on any atom is -0.356 e. The minimum absolute atomic E-state index is 0. The number of rotatable bonds is 5. The van der Waals surface area contributed by atoms with Gasteiger partial charge in [0.2, 0.25) is 0 Å². The van der Waals surface area contributed by atoms with Crippen molar-refractivity contribution in [2.75, 3.05) is 27.2 Å². The normalized spacial score (nSPS) is 19.3. The van der Waals surface area contributed by atoms with Gasteiger partial charge in [-0.05, 0) is 68.2 Å². The van der Waals surface area contributed by atoms with Crippen molar-refractivity contribution in [2.24, 2.45) is 10.9 Å². The Kier molecular flexibility index (Phi) is 10.0. The lowest BCUT2D eigenvalue weighted by atomic mass is 9.85. The maximum Gasteiger partial charge on any atom is 0.191 e. The van der Waals surface area contributed by atoms with Crippen molar-refractivity contribution in [3.8, 4) is 6.07 Å². The zero-order valence-corrected chi connectivity index (χ0v) is 20.8. The molecule has 1 aliphatic rings. The summed E-state index contributed by atoms with van der Waals surface area (Å²) in [5, 5.41) is 16.3. The molecule has 166 valence electrons. The highest BCUT2D eigenvalue weighted by atomic mass is 127. The molecule has 31 heavy (non-hydrogen) atoms. The predicted molar refractivity (Wildman–Crippen MR) is 134 cm³/mol. The summed E-state index contributed by atoms with van der Waals surface area (Å²) in [4.78, 5) is 6.64. The Bertz CT molecular complexity index is 946. The Morgan fingerprint density at radius 1 is 1.29 bits per heavy atom. The number of guanidine groups is 1. The van der Waals surface area contributed by atoms with Crippen LogP contribution in [0.4, 0.5) is 4.39 Å². The number of likely N-dealkylation sites (tertiary alicyclic amines) is 1. The van der Waals surface area contributed by atoms with Gasteiger partial charge in [-0.3, -0.25) is 9.89 Å². The molecule has 2 aromatic rings. The summed E-state index contributed by atoms with van der Waals surface area (Å²) in [6.45, 7) is 2.04. The number of hydrogen-bond donors (Lipinski definition) is 2. The second kappa shape index (κ2) is 12.2. The van der Waals surface area contributed by atoms with E-state index in [1.54, 1.807) is 13.1 Å². The first kappa shape index (κ1) is 25.4. The topological polar surface area (TPSA) is 63.5 Å². The molecule has 0 aromatic heterocycles. The van der Waals surface area contributed by atoms with Crippen LogP contribution in [0.1, 0.15) is 35.6 Å². The highest BCUT2D eigenvalue weighted by molar-refractivity contribution is 14.0. The number of benzene rings is 2. The van der Waals surface area contributed by atoms with E-state index < -0.39 is 0 Å². The number of nitrogens with one attached hydrogen (secondary N) is 2. The van der Waals surface area contributed by atoms with Crippen molar-refractivity contribution in [1.29, 1.82) is 5.26 Å². The van der Waals surface area contributed by atoms with Gasteiger partial charge in [-0.2, -0.15) is 5.26 Å².